The van der Waals surface area contributed by atoms with Crippen LogP contribution in [0.4, 0.5) is 4.79 Å². The molecule has 0 spiro atoms. The van der Waals surface area contributed by atoms with E-state index in [0.29, 0.717) is 12.1 Å². The summed E-state index contributed by atoms with van der Waals surface area (Å²) in [6, 6.07) is 17.1. The fourth-order valence-corrected chi connectivity index (χ4v) is 2.92. The minimum atomic E-state index is -0.405. The molecule has 132 valence electrons. The van der Waals surface area contributed by atoms with Crippen molar-refractivity contribution in [2.24, 2.45) is 0 Å². The van der Waals surface area contributed by atoms with Crippen molar-refractivity contribution in [2.45, 2.75) is 30.4 Å². The number of carbonyl (C=O) groups is 2. The Bertz CT molecular complexity index is 675. The van der Waals surface area contributed by atoms with Crippen molar-refractivity contribution in [3.05, 3.63) is 65.7 Å². The molecule has 0 bridgehead atoms. The summed E-state index contributed by atoms with van der Waals surface area (Å²) in [6.45, 7) is 2.63. The largest absolute Gasteiger partial charge is 0.337 e. The van der Waals surface area contributed by atoms with Gasteiger partial charge in [-0.3, -0.25) is 10.2 Å². The van der Waals surface area contributed by atoms with E-state index in [1.54, 1.807) is 23.9 Å². The van der Waals surface area contributed by atoms with Gasteiger partial charge in [-0.2, -0.15) is 0 Å². The molecule has 0 aliphatic carbocycles. The van der Waals surface area contributed by atoms with Gasteiger partial charge in [-0.15, -0.1) is 11.8 Å². The maximum atomic E-state index is 12.0. The van der Waals surface area contributed by atoms with Crippen LogP contribution in [-0.4, -0.2) is 18.5 Å². The maximum Gasteiger partial charge on any atom is 0.333 e. The Morgan fingerprint density at radius 2 is 1.68 bits per heavy atom. The molecule has 0 aliphatic rings. The van der Waals surface area contributed by atoms with Crippen LogP contribution in [0.2, 0.25) is 0 Å². The fourth-order valence-electron chi connectivity index (χ4n) is 2.04. The van der Waals surface area contributed by atoms with Crippen LogP contribution in [0.15, 0.2) is 59.5 Å². The fraction of sp³-hybridized carbons (Fsp3) is 0.263. The molecule has 0 radical (unpaired) electrons. The van der Waals surface area contributed by atoms with Gasteiger partial charge in [0.05, 0.1) is 0 Å². The van der Waals surface area contributed by atoms with Gasteiger partial charge >= 0.3 is 6.03 Å². The van der Waals surface area contributed by atoms with Crippen LogP contribution < -0.4 is 16.2 Å². The zero-order valence-electron chi connectivity index (χ0n) is 14.2. The zero-order valence-corrected chi connectivity index (χ0v) is 15.1. The average molecular weight is 357 g/mol. The van der Waals surface area contributed by atoms with Crippen molar-refractivity contribution in [2.75, 3.05) is 6.54 Å². The van der Waals surface area contributed by atoms with Crippen molar-refractivity contribution in [1.29, 1.82) is 0 Å². The SMILES string of the molecule is CCCCNC(=O)NNC(=O)c1ccc(CSc2ccccc2)cc1. The van der Waals surface area contributed by atoms with E-state index in [0.717, 1.165) is 24.2 Å². The molecule has 0 aliphatic heterocycles. The first-order valence-electron chi connectivity index (χ1n) is 8.30. The van der Waals surface area contributed by atoms with Crippen LogP contribution in [0.1, 0.15) is 35.7 Å². The molecule has 0 saturated carbocycles. The number of hydrogen-bond acceptors (Lipinski definition) is 3. The first-order valence-corrected chi connectivity index (χ1v) is 9.28. The molecule has 2 aromatic carbocycles. The average Bonchev–Trinajstić information content (AvgIpc) is 2.66. The minimum absolute atomic E-state index is 0.340. The van der Waals surface area contributed by atoms with Crippen LogP contribution in [0.3, 0.4) is 0 Å². The third-order valence-corrected chi connectivity index (χ3v) is 4.55. The molecule has 0 atom stereocenters. The van der Waals surface area contributed by atoms with Gasteiger partial charge in [0, 0.05) is 22.8 Å². The minimum Gasteiger partial charge on any atom is -0.337 e. The number of urea groups is 1. The van der Waals surface area contributed by atoms with Crippen molar-refractivity contribution >= 4 is 23.7 Å². The lowest BCUT2D eigenvalue weighted by molar-refractivity contribution is 0.0936. The summed E-state index contributed by atoms with van der Waals surface area (Å²) in [4.78, 5) is 24.7. The summed E-state index contributed by atoms with van der Waals surface area (Å²) in [6.07, 6.45) is 1.91. The highest BCUT2D eigenvalue weighted by Gasteiger charge is 2.07. The number of unbranched alkanes of at least 4 members (excludes halogenated alkanes) is 1. The van der Waals surface area contributed by atoms with E-state index >= 15 is 0 Å². The quantitative estimate of drug-likeness (QED) is 0.402. The van der Waals surface area contributed by atoms with Gasteiger partial charge in [-0.05, 0) is 36.2 Å². The number of hydrazine groups is 1. The first kappa shape index (κ1) is 18.9. The van der Waals surface area contributed by atoms with E-state index < -0.39 is 6.03 Å². The highest BCUT2D eigenvalue weighted by Crippen LogP contribution is 2.22. The lowest BCUT2D eigenvalue weighted by Gasteiger charge is -2.09. The molecule has 2 rings (SSSR count). The third kappa shape index (κ3) is 6.89. The Hall–Kier alpha value is -2.47. The van der Waals surface area contributed by atoms with Crippen molar-refractivity contribution in [3.8, 4) is 0 Å². The highest BCUT2D eigenvalue weighted by molar-refractivity contribution is 7.98. The number of nitrogens with one attached hydrogen (secondary N) is 3. The Morgan fingerprint density at radius 1 is 0.960 bits per heavy atom. The van der Waals surface area contributed by atoms with Crippen molar-refractivity contribution in [1.82, 2.24) is 16.2 Å². The number of thioether (sulfide) groups is 1. The summed E-state index contributed by atoms with van der Waals surface area (Å²) >= 11 is 1.75. The Balaban J connectivity index is 1.76. The highest BCUT2D eigenvalue weighted by atomic mass is 32.2. The number of amides is 3. The second kappa shape index (κ2) is 10.4. The molecule has 0 fully saturated rings. The molecule has 2 aromatic rings. The normalized spacial score (nSPS) is 10.1. The smallest absolute Gasteiger partial charge is 0.333 e. The Labute approximate surface area is 152 Å². The molecule has 5 nitrogen and oxygen atoms in total. The van der Waals surface area contributed by atoms with E-state index in [4.69, 9.17) is 0 Å². The van der Waals surface area contributed by atoms with Crippen molar-refractivity contribution < 1.29 is 9.59 Å². The van der Waals surface area contributed by atoms with Gasteiger partial charge in [-0.1, -0.05) is 43.7 Å². The molecule has 6 heteroatoms. The van der Waals surface area contributed by atoms with E-state index in [-0.39, 0.29) is 5.91 Å². The molecular weight excluding hydrogens is 334 g/mol. The third-order valence-electron chi connectivity index (χ3n) is 3.47. The number of carbonyl (C=O) groups excluding carboxylic acids is 2. The lowest BCUT2D eigenvalue weighted by atomic mass is 10.1. The first-order chi connectivity index (χ1) is 12.2. The second-order valence-electron chi connectivity index (χ2n) is 5.49. The van der Waals surface area contributed by atoms with E-state index in [9.17, 15) is 9.59 Å². The summed E-state index contributed by atoms with van der Waals surface area (Å²) in [7, 11) is 0. The lowest BCUT2D eigenvalue weighted by Crippen LogP contribution is -2.47. The number of benzene rings is 2. The van der Waals surface area contributed by atoms with Crippen LogP contribution in [0.5, 0.6) is 0 Å². The van der Waals surface area contributed by atoms with Crippen LogP contribution in [-0.2, 0) is 5.75 Å². The standard InChI is InChI=1S/C19H23N3O2S/c1-2-3-13-20-19(24)22-21-18(23)16-11-9-15(10-12-16)14-25-17-7-5-4-6-8-17/h4-12H,2-3,13-14H2,1H3,(H,21,23)(H2,20,22,24). The van der Waals surface area contributed by atoms with E-state index in [1.165, 1.54) is 4.90 Å². The van der Waals surface area contributed by atoms with Gasteiger partial charge in [-0.25, -0.2) is 10.2 Å². The van der Waals surface area contributed by atoms with E-state index in [2.05, 4.69) is 28.3 Å². The predicted molar refractivity (Wildman–Crippen MR) is 101 cm³/mol. The van der Waals surface area contributed by atoms with Gasteiger partial charge < -0.3 is 5.32 Å². The van der Waals surface area contributed by atoms with Gasteiger partial charge in [0.2, 0.25) is 0 Å². The summed E-state index contributed by atoms with van der Waals surface area (Å²) in [5.74, 6) is 0.497. The summed E-state index contributed by atoms with van der Waals surface area (Å²) in [5, 5.41) is 2.66. The monoisotopic (exact) mass is 357 g/mol. The van der Waals surface area contributed by atoms with Gasteiger partial charge in [0.25, 0.3) is 5.91 Å². The topological polar surface area (TPSA) is 70.2 Å². The molecule has 0 saturated heterocycles. The molecular formula is C19H23N3O2S. The predicted octanol–water partition coefficient (Wildman–Crippen LogP) is 3.72. The Kier molecular flexibility index (Phi) is 7.85. The van der Waals surface area contributed by atoms with Crippen LogP contribution in [0.25, 0.3) is 0 Å². The Morgan fingerprint density at radius 3 is 2.36 bits per heavy atom. The molecule has 25 heavy (non-hydrogen) atoms. The number of rotatable bonds is 7. The number of hydrogen-bond donors (Lipinski definition) is 3. The maximum absolute atomic E-state index is 12.0. The molecule has 0 aromatic heterocycles. The zero-order chi connectivity index (χ0) is 17.9. The second-order valence-corrected chi connectivity index (χ2v) is 6.54. The van der Waals surface area contributed by atoms with Crippen LogP contribution in [0, 0.1) is 0 Å². The molecule has 3 amide bonds. The van der Waals surface area contributed by atoms with Gasteiger partial charge in [0.1, 0.15) is 0 Å². The molecule has 3 N–H and O–H groups in total. The summed E-state index contributed by atoms with van der Waals surface area (Å²) in [5.41, 5.74) is 6.38. The van der Waals surface area contributed by atoms with E-state index in [1.807, 2.05) is 37.3 Å². The van der Waals surface area contributed by atoms with Crippen LogP contribution >= 0.6 is 11.8 Å². The van der Waals surface area contributed by atoms with Gasteiger partial charge in [0.15, 0.2) is 0 Å². The molecule has 0 heterocycles. The van der Waals surface area contributed by atoms with Crippen molar-refractivity contribution in [3.63, 3.8) is 0 Å². The molecule has 0 unspecified atom stereocenters. The summed E-state index contributed by atoms with van der Waals surface area (Å²) < 4.78 is 0.